The van der Waals surface area contributed by atoms with E-state index in [0.717, 1.165) is 40.2 Å². The van der Waals surface area contributed by atoms with Gasteiger partial charge in [0.25, 0.3) is 0 Å². The van der Waals surface area contributed by atoms with E-state index in [4.69, 9.17) is 4.74 Å². The van der Waals surface area contributed by atoms with E-state index in [2.05, 4.69) is 9.88 Å². The summed E-state index contributed by atoms with van der Waals surface area (Å²) in [6.45, 7) is 2.24. The first-order valence-corrected chi connectivity index (χ1v) is 11.5. The number of pyridine rings is 1. The number of rotatable bonds is 7. The van der Waals surface area contributed by atoms with Crippen LogP contribution in [-0.4, -0.2) is 58.7 Å². The zero-order chi connectivity index (χ0) is 21.0. The summed E-state index contributed by atoms with van der Waals surface area (Å²) < 4.78 is 5.83. The molecule has 2 aromatic carbocycles. The average molecular weight is 425 g/mol. The van der Waals surface area contributed by atoms with Gasteiger partial charge in [-0.05, 0) is 43.4 Å². The van der Waals surface area contributed by atoms with Crippen molar-refractivity contribution in [2.24, 2.45) is 0 Å². The summed E-state index contributed by atoms with van der Waals surface area (Å²) in [6, 6.07) is 17.9. The smallest absolute Gasteiger partial charge is 0.132 e. The zero-order valence-corrected chi connectivity index (χ0v) is 18.0. The van der Waals surface area contributed by atoms with Crippen molar-refractivity contribution in [1.82, 2.24) is 9.88 Å². The summed E-state index contributed by atoms with van der Waals surface area (Å²) in [5, 5.41) is 22.7. The highest BCUT2D eigenvalue weighted by molar-refractivity contribution is 7.98. The number of fused-ring (bicyclic) bond motifs is 1. The lowest BCUT2D eigenvalue weighted by Crippen LogP contribution is -2.46. The number of hydrogen-bond acceptors (Lipinski definition) is 6. The first-order chi connectivity index (χ1) is 14.6. The van der Waals surface area contributed by atoms with Crippen LogP contribution in [0.2, 0.25) is 0 Å². The third kappa shape index (κ3) is 4.78. The van der Waals surface area contributed by atoms with Crippen LogP contribution in [0.25, 0.3) is 10.9 Å². The van der Waals surface area contributed by atoms with Gasteiger partial charge in [-0.2, -0.15) is 0 Å². The Labute approximate surface area is 181 Å². The highest BCUT2D eigenvalue weighted by Gasteiger charge is 2.34. The van der Waals surface area contributed by atoms with Gasteiger partial charge in [0.1, 0.15) is 18.5 Å². The molecule has 2 heterocycles. The van der Waals surface area contributed by atoms with Crippen LogP contribution in [0.4, 0.5) is 0 Å². The van der Waals surface area contributed by atoms with Gasteiger partial charge >= 0.3 is 0 Å². The molecule has 6 heteroatoms. The van der Waals surface area contributed by atoms with E-state index >= 15 is 0 Å². The maximum atomic E-state index is 11.2. The Hall–Kier alpha value is -2.12. The highest BCUT2D eigenvalue weighted by atomic mass is 32.2. The first kappa shape index (κ1) is 21.1. The van der Waals surface area contributed by atoms with Crippen molar-refractivity contribution >= 4 is 22.7 Å². The van der Waals surface area contributed by atoms with Gasteiger partial charge in [-0.15, -0.1) is 11.8 Å². The van der Waals surface area contributed by atoms with Gasteiger partial charge in [0.2, 0.25) is 0 Å². The molecule has 158 valence electrons. The first-order valence-electron chi connectivity index (χ1n) is 10.3. The lowest BCUT2D eigenvalue weighted by molar-refractivity contribution is -0.0374. The number of benzene rings is 2. The van der Waals surface area contributed by atoms with Crippen molar-refractivity contribution in [1.29, 1.82) is 0 Å². The fourth-order valence-corrected chi connectivity index (χ4v) is 4.54. The second kappa shape index (κ2) is 9.35. The van der Waals surface area contributed by atoms with Crippen molar-refractivity contribution in [3.05, 3.63) is 66.4 Å². The number of para-hydroxylation sites is 2. The molecule has 0 unspecified atom stereocenters. The van der Waals surface area contributed by atoms with Gasteiger partial charge in [-0.3, -0.25) is 4.98 Å². The number of aliphatic hydroxyl groups excluding tert-OH is 1. The van der Waals surface area contributed by atoms with Crippen LogP contribution >= 0.6 is 11.8 Å². The van der Waals surface area contributed by atoms with Crippen molar-refractivity contribution in [3.63, 3.8) is 0 Å². The summed E-state index contributed by atoms with van der Waals surface area (Å²) in [5.74, 6) is 0.806. The van der Waals surface area contributed by atoms with E-state index < -0.39 is 11.7 Å². The van der Waals surface area contributed by atoms with Crippen LogP contribution in [0.3, 0.4) is 0 Å². The maximum absolute atomic E-state index is 11.2. The van der Waals surface area contributed by atoms with Crippen molar-refractivity contribution in [3.8, 4) is 5.75 Å². The second-order valence-corrected chi connectivity index (χ2v) is 8.71. The van der Waals surface area contributed by atoms with Crippen LogP contribution in [0, 0.1) is 0 Å². The number of hydrogen-bond donors (Lipinski definition) is 2. The normalized spacial score (nSPS) is 17.7. The minimum absolute atomic E-state index is 0.257. The van der Waals surface area contributed by atoms with Crippen LogP contribution in [0.15, 0.2) is 65.7 Å². The molecular weight excluding hydrogens is 396 g/mol. The molecule has 5 nitrogen and oxygen atoms in total. The zero-order valence-electron chi connectivity index (χ0n) is 17.2. The quantitative estimate of drug-likeness (QED) is 0.564. The predicted octanol–water partition coefficient (Wildman–Crippen LogP) is 3.68. The lowest BCUT2D eigenvalue weighted by atomic mass is 9.84. The molecule has 0 bridgehead atoms. The molecule has 0 saturated carbocycles. The molecular formula is C24H28N2O3S. The summed E-state index contributed by atoms with van der Waals surface area (Å²) in [5.41, 5.74) is 0.943. The molecule has 1 aromatic heterocycles. The van der Waals surface area contributed by atoms with Crippen LogP contribution in [-0.2, 0) is 5.60 Å². The van der Waals surface area contributed by atoms with Crippen molar-refractivity contribution in [2.75, 3.05) is 32.5 Å². The Morgan fingerprint density at radius 1 is 1.13 bits per heavy atom. The second-order valence-electron chi connectivity index (χ2n) is 7.86. The Morgan fingerprint density at radius 3 is 2.67 bits per heavy atom. The average Bonchev–Trinajstić information content (AvgIpc) is 2.79. The number of likely N-dealkylation sites (tertiary alicyclic amines) is 1. The van der Waals surface area contributed by atoms with Gasteiger partial charge in [0.05, 0.1) is 11.1 Å². The van der Waals surface area contributed by atoms with Gasteiger partial charge in [0, 0.05) is 41.7 Å². The largest absolute Gasteiger partial charge is 0.490 e. The van der Waals surface area contributed by atoms with E-state index in [1.807, 2.05) is 60.9 Å². The van der Waals surface area contributed by atoms with E-state index in [9.17, 15) is 10.2 Å². The fraction of sp³-hybridized carbons (Fsp3) is 0.375. The standard InChI is InChI=1S/C24H28N2O3S/c1-30-23-9-5-4-8-22(23)29-17-20(27)16-26-12-10-24(28,11-13-26)19-14-18-6-2-3-7-21(18)25-15-19/h2-9,14-15,20,27-28H,10-13,16-17H2,1H3/t20-/m0/s1. The predicted molar refractivity (Wildman–Crippen MR) is 121 cm³/mol. The topological polar surface area (TPSA) is 65.8 Å². The summed E-state index contributed by atoms with van der Waals surface area (Å²) in [6.07, 6.45) is 4.47. The number of aromatic nitrogens is 1. The highest BCUT2D eigenvalue weighted by Crippen LogP contribution is 2.34. The number of piperidine rings is 1. The van der Waals surface area contributed by atoms with Gasteiger partial charge < -0.3 is 19.8 Å². The minimum atomic E-state index is -0.869. The summed E-state index contributed by atoms with van der Waals surface area (Å²) in [7, 11) is 0. The monoisotopic (exact) mass is 424 g/mol. The summed E-state index contributed by atoms with van der Waals surface area (Å²) in [4.78, 5) is 7.76. The molecule has 30 heavy (non-hydrogen) atoms. The Balaban J connectivity index is 1.31. The van der Waals surface area contributed by atoms with Crippen LogP contribution < -0.4 is 4.74 Å². The van der Waals surface area contributed by atoms with E-state index in [1.54, 1.807) is 18.0 Å². The number of β-amino-alcohol motifs (C(OH)–C–C–N with tert-alkyl or cyclic N) is 1. The minimum Gasteiger partial charge on any atom is -0.490 e. The Bertz CT molecular complexity index is 989. The maximum Gasteiger partial charge on any atom is 0.132 e. The Kier molecular flexibility index (Phi) is 6.58. The van der Waals surface area contributed by atoms with Crippen molar-refractivity contribution < 1.29 is 14.9 Å². The molecule has 0 spiro atoms. The molecule has 1 aliphatic heterocycles. The van der Waals surface area contributed by atoms with Gasteiger partial charge in [-0.25, -0.2) is 0 Å². The molecule has 1 fully saturated rings. The number of thioether (sulfide) groups is 1. The lowest BCUT2D eigenvalue weighted by Gasteiger charge is -2.39. The van der Waals surface area contributed by atoms with Crippen molar-refractivity contribution in [2.45, 2.75) is 29.4 Å². The van der Waals surface area contributed by atoms with E-state index in [0.29, 0.717) is 19.4 Å². The molecule has 0 amide bonds. The molecule has 4 rings (SSSR count). The third-order valence-corrected chi connectivity index (χ3v) is 6.56. The molecule has 0 aliphatic carbocycles. The SMILES string of the molecule is CSc1ccccc1OC[C@@H](O)CN1CCC(O)(c2cnc3ccccc3c2)CC1. The summed E-state index contributed by atoms with van der Waals surface area (Å²) >= 11 is 1.63. The fourth-order valence-electron chi connectivity index (χ4n) is 3.99. The van der Waals surface area contributed by atoms with Gasteiger partial charge in [0.15, 0.2) is 0 Å². The number of nitrogens with zero attached hydrogens (tertiary/aromatic N) is 2. The number of aliphatic hydroxyl groups is 2. The molecule has 2 N–H and O–H groups in total. The van der Waals surface area contributed by atoms with E-state index in [1.165, 1.54) is 0 Å². The van der Waals surface area contributed by atoms with Crippen LogP contribution in [0.1, 0.15) is 18.4 Å². The molecule has 0 radical (unpaired) electrons. The number of ether oxygens (including phenoxy) is 1. The molecule has 3 aromatic rings. The Morgan fingerprint density at radius 2 is 1.87 bits per heavy atom. The third-order valence-electron chi connectivity index (χ3n) is 5.78. The molecule has 1 atom stereocenters. The van der Waals surface area contributed by atoms with E-state index in [-0.39, 0.29) is 6.61 Å². The van der Waals surface area contributed by atoms with Crippen LogP contribution in [0.5, 0.6) is 5.75 Å². The molecule has 1 aliphatic rings. The molecule has 1 saturated heterocycles. The van der Waals surface area contributed by atoms with Gasteiger partial charge in [-0.1, -0.05) is 30.3 Å².